The molecule has 0 heterocycles. The van der Waals surface area contributed by atoms with Crippen molar-refractivity contribution >= 4 is 17.9 Å². The van der Waals surface area contributed by atoms with Gasteiger partial charge in [-0.25, -0.2) is 0 Å². The summed E-state index contributed by atoms with van der Waals surface area (Å²) in [6.45, 7) is 6.33. The summed E-state index contributed by atoms with van der Waals surface area (Å²) in [7, 11) is 0. The normalized spacial score (nSPS) is 13.1. The average molecular weight is 1150 g/mol. The van der Waals surface area contributed by atoms with Crippen molar-refractivity contribution in [3.63, 3.8) is 0 Å². The minimum absolute atomic E-state index is 0.119. The summed E-state index contributed by atoms with van der Waals surface area (Å²) in [5.74, 6) is -1.03. The Labute approximate surface area is 511 Å². The van der Waals surface area contributed by atoms with E-state index in [1.807, 2.05) is 6.08 Å². The van der Waals surface area contributed by atoms with Gasteiger partial charge in [0.05, 0.1) is 0 Å². The lowest BCUT2D eigenvalue weighted by Gasteiger charge is -2.18. The molecule has 0 spiro atoms. The lowest BCUT2D eigenvalue weighted by atomic mass is 10.0. The van der Waals surface area contributed by atoms with Gasteiger partial charge < -0.3 is 14.2 Å². The van der Waals surface area contributed by atoms with Crippen LogP contribution in [0.4, 0.5) is 0 Å². The topological polar surface area (TPSA) is 78.9 Å². The molecule has 0 aliphatic rings. The number of ether oxygens (including phenoxy) is 3. The Morgan fingerprint density at radius 1 is 0.253 bits per heavy atom. The number of carbonyl (C=O) groups excluding carboxylic acids is 3. The fourth-order valence-electron chi connectivity index (χ4n) is 9.00. The van der Waals surface area contributed by atoms with E-state index in [2.05, 4.69) is 173 Å². The Bertz CT molecular complexity index is 1840. The van der Waals surface area contributed by atoms with E-state index in [4.69, 9.17) is 14.2 Å². The highest BCUT2D eigenvalue weighted by molar-refractivity contribution is 5.71. The van der Waals surface area contributed by atoms with Crippen LogP contribution in [-0.4, -0.2) is 37.2 Å². The van der Waals surface area contributed by atoms with Crippen LogP contribution in [-0.2, 0) is 28.6 Å². The van der Waals surface area contributed by atoms with Crippen molar-refractivity contribution < 1.29 is 28.6 Å². The molecule has 0 fully saturated rings. The number of allylic oxidation sites excluding steroid dienone is 26. The van der Waals surface area contributed by atoms with Crippen LogP contribution >= 0.6 is 0 Å². The zero-order chi connectivity index (χ0) is 59.9. The second kappa shape index (κ2) is 69.5. The van der Waals surface area contributed by atoms with E-state index in [0.717, 1.165) is 128 Å². The lowest BCUT2D eigenvalue weighted by Crippen LogP contribution is -2.30. The van der Waals surface area contributed by atoms with Crippen molar-refractivity contribution in [1.82, 2.24) is 0 Å². The maximum Gasteiger partial charge on any atom is 0.306 e. The molecule has 468 valence electrons. The maximum absolute atomic E-state index is 12.9. The molecule has 0 aromatic rings. The highest BCUT2D eigenvalue weighted by Crippen LogP contribution is 2.15. The van der Waals surface area contributed by atoms with Crippen molar-refractivity contribution in [2.24, 2.45) is 0 Å². The third-order valence-electron chi connectivity index (χ3n) is 14.0. The van der Waals surface area contributed by atoms with Crippen LogP contribution in [0.2, 0.25) is 0 Å². The molecule has 0 aliphatic heterocycles. The van der Waals surface area contributed by atoms with Gasteiger partial charge in [0.15, 0.2) is 6.10 Å². The first-order valence-corrected chi connectivity index (χ1v) is 34.0. The minimum atomic E-state index is -0.827. The van der Waals surface area contributed by atoms with Crippen molar-refractivity contribution in [1.29, 1.82) is 0 Å². The zero-order valence-corrected chi connectivity index (χ0v) is 53.7. The minimum Gasteiger partial charge on any atom is -0.462 e. The van der Waals surface area contributed by atoms with Crippen molar-refractivity contribution in [3.8, 4) is 0 Å². The molecule has 0 N–H and O–H groups in total. The molecule has 0 saturated carbocycles. The standard InChI is InChI=1S/C77H124O6/c1-4-7-10-13-16-19-22-25-27-29-31-33-35-36-37-38-39-40-42-43-45-47-49-52-55-58-61-64-67-70-76(79)82-73-74(72-81-75(78)69-66-63-60-57-54-51-24-21-18-15-12-9-6-3)83-77(80)71-68-65-62-59-56-53-50-48-46-44-41-34-32-30-28-26-23-20-17-14-11-8-5-2/h7,9-10,12,16,18-19,21,25,27,30-33,36-37,39-40,43,45,49,51-52,54,60,63,74H,4-6,8,11,13-15,17,20,22-24,26,28-29,34-35,38,41-42,44,46-48,50,53,55-59,61-62,64-73H2,1-3H3/b10-7-,12-9-,19-16-,21-18-,27-25-,32-30-,33-31-,37-36-,40-39-,45-43-,52-49-,54-51-,63-60-. The fraction of sp³-hybridized carbons (Fsp3) is 0.623. The largest absolute Gasteiger partial charge is 0.462 e. The van der Waals surface area contributed by atoms with Crippen LogP contribution in [0.15, 0.2) is 158 Å². The maximum atomic E-state index is 12.9. The predicted molar refractivity (Wildman–Crippen MR) is 362 cm³/mol. The van der Waals surface area contributed by atoms with Crippen LogP contribution in [0.5, 0.6) is 0 Å². The molecular formula is C77H124O6. The highest BCUT2D eigenvalue weighted by atomic mass is 16.6. The molecule has 0 radical (unpaired) electrons. The predicted octanol–water partition coefficient (Wildman–Crippen LogP) is 23.7. The van der Waals surface area contributed by atoms with Gasteiger partial charge in [0, 0.05) is 19.3 Å². The van der Waals surface area contributed by atoms with Crippen molar-refractivity contribution in [3.05, 3.63) is 158 Å². The molecule has 6 heteroatoms. The first kappa shape index (κ1) is 78.0. The SMILES string of the molecule is CC/C=C\C/C=C\C/C=C\C/C=C\C/C=C\C/C=C\C/C=C\C/C=C\CCCCCCC(=O)OCC(COC(=O)CC/C=C\C/C=C\C/C=C\C/C=C\CC)OC(=O)CCCCCCCCCCCCC/C=C\CCCCCCCCCC. The van der Waals surface area contributed by atoms with Gasteiger partial charge in [-0.15, -0.1) is 0 Å². The smallest absolute Gasteiger partial charge is 0.306 e. The Balaban J connectivity index is 4.42. The van der Waals surface area contributed by atoms with Gasteiger partial charge in [0.2, 0.25) is 0 Å². The Kier molecular flexibility index (Phi) is 65.4. The number of hydrogen-bond acceptors (Lipinski definition) is 6. The first-order valence-electron chi connectivity index (χ1n) is 34.0. The van der Waals surface area contributed by atoms with E-state index in [0.29, 0.717) is 19.3 Å². The third kappa shape index (κ3) is 67.7. The number of esters is 3. The summed E-state index contributed by atoms with van der Waals surface area (Å²) in [6, 6.07) is 0. The molecule has 1 atom stereocenters. The summed E-state index contributed by atoms with van der Waals surface area (Å²) in [5, 5.41) is 0. The van der Waals surface area contributed by atoms with Gasteiger partial charge in [0.25, 0.3) is 0 Å². The zero-order valence-electron chi connectivity index (χ0n) is 53.7. The molecule has 83 heavy (non-hydrogen) atoms. The molecule has 0 saturated heterocycles. The quantitative estimate of drug-likeness (QED) is 0.0261. The summed E-state index contributed by atoms with van der Waals surface area (Å²) >= 11 is 0. The molecule has 6 nitrogen and oxygen atoms in total. The van der Waals surface area contributed by atoms with E-state index in [-0.39, 0.29) is 37.5 Å². The average Bonchev–Trinajstić information content (AvgIpc) is 3.49. The molecule has 0 amide bonds. The summed E-state index contributed by atoms with van der Waals surface area (Å²) in [4.78, 5) is 38.3. The second-order valence-corrected chi connectivity index (χ2v) is 22.0. The van der Waals surface area contributed by atoms with E-state index in [9.17, 15) is 14.4 Å². The molecule has 0 aliphatic carbocycles. The van der Waals surface area contributed by atoms with Gasteiger partial charge in [-0.2, -0.15) is 0 Å². The van der Waals surface area contributed by atoms with Crippen LogP contribution < -0.4 is 0 Å². The summed E-state index contributed by atoms with van der Waals surface area (Å²) in [5.41, 5.74) is 0. The highest BCUT2D eigenvalue weighted by Gasteiger charge is 2.19. The monoisotopic (exact) mass is 1140 g/mol. The first-order chi connectivity index (χ1) is 41.0. The van der Waals surface area contributed by atoms with Gasteiger partial charge in [-0.1, -0.05) is 294 Å². The van der Waals surface area contributed by atoms with Gasteiger partial charge in [0.1, 0.15) is 13.2 Å². The van der Waals surface area contributed by atoms with Crippen LogP contribution in [0.1, 0.15) is 290 Å². The number of hydrogen-bond donors (Lipinski definition) is 0. The lowest BCUT2D eigenvalue weighted by molar-refractivity contribution is -0.166. The van der Waals surface area contributed by atoms with Crippen LogP contribution in [0.25, 0.3) is 0 Å². The molecule has 0 bridgehead atoms. The molecular weight excluding hydrogens is 1020 g/mol. The molecule has 0 aromatic carbocycles. The number of rotatable bonds is 60. The molecule has 0 rings (SSSR count). The second-order valence-electron chi connectivity index (χ2n) is 22.0. The third-order valence-corrected chi connectivity index (χ3v) is 14.0. The van der Waals surface area contributed by atoms with Crippen LogP contribution in [0.3, 0.4) is 0 Å². The fourth-order valence-corrected chi connectivity index (χ4v) is 9.00. The summed E-state index contributed by atoms with van der Waals surface area (Å²) < 4.78 is 16.8. The summed E-state index contributed by atoms with van der Waals surface area (Å²) in [6.07, 6.45) is 101. The van der Waals surface area contributed by atoms with Gasteiger partial charge in [-0.05, 0) is 135 Å². The Morgan fingerprint density at radius 3 is 0.819 bits per heavy atom. The number of carbonyl (C=O) groups is 3. The Hall–Kier alpha value is -4.97. The van der Waals surface area contributed by atoms with E-state index >= 15 is 0 Å². The van der Waals surface area contributed by atoms with Crippen LogP contribution in [0, 0.1) is 0 Å². The van der Waals surface area contributed by atoms with E-state index in [1.54, 1.807) is 0 Å². The molecule has 0 aromatic heterocycles. The van der Waals surface area contributed by atoms with Crippen molar-refractivity contribution in [2.45, 2.75) is 297 Å². The molecule has 1 unspecified atom stereocenters. The van der Waals surface area contributed by atoms with Gasteiger partial charge >= 0.3 is 17.9 Å². The van der Waals surface area contributed by atoms with E-state index < -0.39 is 6.10 Å². The van der Waals surface area contributed by atoms with Crippen molar-refractivity contribution in [2.75, 3.05) is 13.2 Å². The van der Waals surface area contributed by atoms with E-state index in [1.165, 1.54) is 116 Å². The number of unbranched alkanes of at least 4 members (excludes halogenated alkanes) is 23. The van der Waals surface area contributed by atoms with Gasteiger partial charge in [-0.3, -0.25) is 14.4 Å². The Morgan fingerprint density at radius 2 is 0.494 bits per heavy atom.